The van der Waals surface area contributed by atoms with Gasteiger partial charge in [-0.25, -0.2) is 5.01 Å². The molecular formula is C59H81F3N10O4. The Morgan fingerprint density at radius 3 is 2.14 bits per heavy atom. The molecule has 1 N–H and O–H groups in total. The standard InChI is InChI=1S/C54H71F3N10O3.C4H8.CH2O/c1-6-7-14-53(70)60-63(5)37-48-33-50(20-19-47(48)39-68)66-29-27-65(28-30-66)34-45-17-15-42(16-18-45)10-8-11-43-22-25-64(26-23-43)35-46-32-51(54(55,56)57)52(67(36-46)41-69)38-62(4)49-13-9-12-44(31-49)21-24-61(3)40-59-58-2;1-2-4-3-1;1-2/h9,12-13,15-20,31-33,36,38-41,43H,2,6-8,10-11,14,21-30,34-35,37H2,1,3-5H3,(H,60,70);1-4H2;1H2/b52-38-,59-40-;;. The lowest BCUT2D eigenvalue weighted by atomic mass is 9.90. The molecule has 0 bridgehead atoms. The van der Waals surface area contributed by atoms with Gasteiger partial charge in [-0.1, -0.05) is 81.8 Å². The van der Waals surface area contributed by atoms with Crippen molar-refractivity contribution in [3.05, 3.63) is 130 Å². The molecule has 0 unspecified atom stereocenters. The second-order valence-electron chi connectivity index (χ2n) is 20.3. The summed E-state index contributed by atoms with van der Waals surface area (Å²) in [5.74, 6) is 0.549. The molecule has 0 aromatic heterocycles. The largest absolute Gasteiger partial charge is 0.418 e. The molecule has 14 nitrogen and oxygen atoms in total. The van der Waals surface area contributed by atoms with E-state index in [1.807, 2.05) is 62.2 Å². The Hall–Kier alpha value is -6.43. The molecule has 3 aromatic rings. The van der Waals surface area contributed by atoms with Gasteiger partial charge >= 0.3 is 6.18 Å². The van der Waals surface area contributed by atoms with Crippen LogP contribution in [0, 0.1) is 5.92 Å². The number of likely N-dealkylation sites (tertiary alicyclic amines) is 1. The molecule has 0 spiro atoms. The Bertz CT molecular complexity index is 2420. The van der Waals surface area contributed by atoms with E-state index in [1.165, 1.54) is 55.3 Å². The number of hydrogen-bond acceptors (Lipinski definition) is 11. The summed E-state index contributed by atoms with van der Waals surface area (Å²) in [5, 5.41) is 9.01. The van der Waals surface area contributed by atoms with Crippen molar-refractivity contribution >= 4 is 49.8 Å². The fourth-order valence-corrected chi connectivity index (χ4v) is 9.61. The van der Waals surface area contributed by atoms with Crippen molar-refractivity contribution in [3.63, 3.8) is 0 Å². The van der Waals surface area contributed by atoms with Crippen LogP contribution in [0.4, 0.5) is 24.5 Å². The lowest BCUT2D eigenvalue weighted by Crippen LogP contribution is -2.46. The van der Waals surface area contributed by atoms with E-state index in [-0.39, 0.29) is 11.6 Å². The van der Waals surface area contributed by atoms with Crippen molar-refractivity contribution < 1.29 is 32.3 Å². The lowest BCUT2D eigenvalue weighted by molar-refractivity contribution is -0.125. The third kappa shape index (κ3) is 19.6. The summed E-state index contributed by atoms with van der Waals surface area (Å²) in [4.78, 5) is 56.0. The molecule has 4 aliphatic rings. The number of halogens is 3. The van der Waals surface area contributed by atoms with E-state index in [4.69, 9.17) is 4.79 Å². The average molecular weight is 1050 g/mol. The highest BCUT2D eigenvalue weighted by molar-refractivity contribution is 5.79. The van der Waals surface area contributed by atoms with Crippen molar-refractivity contribution in [2.45, 2.75) is 110 Å². The molecule has 1 aliphatic carbocycles. The molecule has 2 amide bonds. The molecule has 3 aliphatic heterocycles. The number of benzene rings is 3. The molecule has 76 heavy (non-hydrogen) atoms. The van der Waals surface area contributed by atoms with Crippen LogP contribution in [0.15, 0.2) is 112 Å². The van der Waals surface area contributed by atoms with Crippen molar-refractivity contribution in [1.82, 2.24) is 30.0 Å². The highest BCUT2D eigenvalue weighted by Gasteiger charge is 2.40. The van der Waals surface area contributed by atoms with E-state index >= 15 is 0 Å². The SMILES string of the molecule is C1CCC1.C=N/N=C\N(C)CCc1cccc(N(C)/C=C2/C(C(F)(F)F)=CC(CN3CCC(CCCc4ccc(CN5CCN(c6ccc(C=O)c(CN(C)NC(=O)CCCC)c6)CC5)cc4)CC3)=CN2C=O)c1.C=O. The number of hydrazine groups is 1. The van der Waals surface area contributed by atoms with Gasteiger partial charge in [-0.15, -0.1) is 5.10 Å². The van der Waals surface area contributed by atoms with Gasteiger partial charge in [0.15, 0.2) is 0 Å². The number of unbranched alkanes of at least 4 members (excludes halogenated alkanes) is 1. The molecule has 3 aromatic carbocycles. The van der Waals surface area contributed by atoms with Gasteiger partial charge in [0.2, 0.25) is 12.3 Å². The molecule has 0 atom stereocenters. The number of amides is 2. The van der Waals surface area contributed by atoms with E-state index in [2.05, 4.69) is 74.3 Å². The number of nitrogens with one attached hydrogen (secondary N) is 1. The summed E-state index contributed by atoms with van der Waals surface area (Å²) in [6.07, 6.45) is 16.5. The van der Waals surface area contributed by atoms with Crippen LogP contribution in [-0.4, -0.2) is 143 Å². The van der Waals surface area contributed by atoms with Crippen LogP contribution in [0.2, 0.25) is 0 Å². The number of rotatable bonds is 24. The summed E-state index contributed by atoms with van der Waals surface area (Å²) in [6, 6.07) is 22.5. The molecule has 0 radical (unpaired) electrons. The fourth-order valence-electron chi connectivity index (χ4n) is 9.61. The van der Waals surface area contributed by atoms with Crippen LogP contribution in [0.25, 0.3) is 0 Å². The normalized spacial score (nSPS) is 16.9. The van der Waals surface area contributed by atoms with Gasteiger partial charge in [0.05, 0.1) is 11.3 Å². The van der Waals surface area contributed by atoms with E-state index in [0.717, 1.165) is 119 Å². The van der Waals surface area contributed by atoms with E-state index < -0.39 is 11.7 Å². The van der Waals surface area contributed by atoms with Gasteiger partial charge in [-0.2, -0.15) is 18.3 Å². The number of alkyl halides is 3. The summed E-state index contributed by atoms with van der Waals surface area (Å²) in [7, 11) is 5.38. The minimum absolute atomic E-state index is 0.0146. The van der Waals surface area contributed by atoms with Crippen LogP contribution in [0.5, 0.6) is 0 Å². The first-order valence-electron chi connectivity index (χ1n) is 26.9. The zero-order valence-corrected chi connectivity index (χ0v) is 45.4. The average Bonchev–Trinajstić information content (AvgIpc) is 3.40. The van der Waals surface area contributed by atoms with Crippen LogP contribution in [0.3, 0.4) is 0 Å². The van der Waals surface area contributed by atoms with Crippen molar-refractivity contribution in [1.29, 1.82) is 0 Å². The molecule has 412 valence electrons. The van der Waals surface area contributed by atoms with Crippen LogP contribution in [0.1, 0.15) is 110 Å². The fraction of sp³-hybridized carbons (Fsp3) is 0.492. The molecular weight excluding hydrogens is 970 g/mol. The number of allylic oxidation sites excluding steroid dienone is 1. The maximum Gasteiger partial charge on any atom is 0.418 e. The highest BCUT2D eigenvalue weighted by atomic mass is 19.4. The molecule has 7 rings (SSSR count). The summed E-state index contributed by atoms with van der Waals surface area (Å²) < 4.78 is 43.9. The quantitative estimate of drug-likeness (QED) is 0.0401. The number of carbonyl (C=O) groups excluding carboxylic acids is 4. The molecule has 1 saturated carbocycles. The predicted molar refractivity (Wildman–Crippen MR) is 300 cm³/mol. The summed E-state index contributed by atoms with van der Waals surface area (Å²) in [5.41, 5.74) is 9.20. The number of aryl methyl sites for hydroxylation is 1. The number of anilines is 2. The Kier molecular flexibility index (Phi) is 25.1. The number of carbonyl (C=O) groups is 4. The first kappa shape index (κ1) is 60.4. The molecule has 17 heteroatoms. The summed E-state index contributed by atoms with van der Waals surface area (Å²) in [6.45, 7) is 14.9. The predicted octanol–water partition coefficient (Wildman–Crippen LogP) is 9.83. The molecule has 2 saturated heterocycles. The van der Waals surface area contributed by atoms with Gasteiger partial charge in [0.25, 0.3) is 0 Å². The van der Waals surface area contributed by atoms with Gasteiger partial charge in [-0.3, -0.25) is 34.5 Å². The zero-order chi connectivity index (χ0) is 54.9. The van der Waals surface area contributed by atoms with E-state index in [9.17, 15) is 27.6 Å². The topological polar surface area (TPSA) is 128 Å². The van der Waals surface area contributed by atoms with E-state index in [0.29, 0.717) is 61.6 Å². The Morgan fingerprint density at radius 1 is 0.829 bits per heavy atom. The zero-order valence-electron chi connectivity index (χ0n) is 45.4. The molecule has 3 heterocycles. The first-order chi connectivity index (χ1) is 36.7. The Labute approximate surface area is 449 Å². The van der Waals surface area contributed by atoms with E-state index in [1.54, 1.807) is 23.3 Å². The second-order valence-corrected chi connectivity index (χ2v) is 20.3. The van der Waals surface area contributed by atoms with Gasteiger partial charge < -0.3 is 19.5 Å². The Balaban J connectivity index is 0.00000168. The van der Waals surface area contributed by atoms with Crippen LogP contribution >= 0.6 is 0 Å². The van der Waals surface area contributed by atoms with Crippen molar-refractivity contribution in [3.8, 4) is 0 Å². The van der Waals surface area contributed by atoms with Crippen molar-refractivity contribution in [2.24, 2.45) is 16.1 Å². The number of hydrogen-bond donors (Lipinski definition) is 1. The lowest BCUT2D eigenvalue weighted by Gasteiger charge is -2.36. The maximum atomic E-state index is 14.6. The minimum atomic E-state index is -4.67. The number of likely N-dealkylation sites (N-methyl/N-ethyl adjacent to an activating group) is 1. The third-order valence-corrected chi connectivity index (χ3v) is 14.4. The number of piperidine rings is 1. The number of nitrogens with zero attached hydrogens (tertiary/aromatic N) is 9. The first-order valence-corrected chi connectivity index (χ1v) is 26.9. The van der Waals surface area contributed by atoms with Gasteiger partial charge in [0, 0.05) is 116 Å². The highest BCUT2D eigenvalue weighted by Crippen LogP contribution is 2.38. The monoisotopic (exact) mass is 1050 g/mol. The number of aldehydes is 1. The summed E-state index contributed by atoms with van der Waals surface area (Å²) >= 11 is 0. The minimum Gasteiger partial charge on any atom is -0.369 e. The van der Waals surface area contributed by atoms with Gasteiger partial charge in [-0.05, 0) is 122 Å². The second kappa shape index (κ2) is 31.6. The van der Waals surface area contributed by atoms with Crippen LogP contribution < -0.4 is 15.2 Å². The van der Waals surface area contributed by atoms with Gasteiger partial charge in [0.1, 0.15) is 19.4 Å². The van der Waals surface area contributed by atoms with Crippen molar-refractivity contribution in [2.75, 3.05) is 83.3 Å². The molecule has 3 fully saturated rings. The Morgan fingerprint density at radius 2 is 1.51 bits per heavy atom. The maximum absolute atomic E-state index is 14.6. The third-order valence-electron chi connectivity index (χ3n) is 14.4. The number of piperazine rings is 1. The smallest absolute Gasteiger partial charge is 0.369 e. The van der Waals surface area contributed by atoms with Crippen LogP contribution in [-0.2, 0) is 40.3 Å².